The number of nitrogens with zero attached hydrogens (tertiary/aromatic N) is 1. The molecule has 0 fully saturated rings. The van der Waals surface area contributed by atoms with Crippen LogP contribution in [0.25, 0.3) is 0 Å². The van der Waals surface area contributed by atoms with Crippen LogP contribution in [0.15, 0.2) is 42.6 Å². The molecule has 0 aliphatic carbocycles. The second kappa shape index (κ2) is 7.09. The Morgan fingerprint density at radius 1 is 1.14 bits per heavy atom. The van der Waals surface area contributed by atoms with E-state index in [2.05, 4.69) is 16.4 Å². The molecule has 2 rings (SSSR count). The maximum atomic E-state index is 5.76. The fraction of sp³-hybridized carbons (Fsp3) is 0.353. The van der Waals surface area contributed by atoms with Crippen LogP contribution < -0.4 is 14.8 Å². The van der Waals surface area contributed by atoms with E-state index in [0.717, 1.165) is 22.8 Å². The zero-order valence-corrected chi connectivity index (χ0v) is 13.0. The number of benzene rings is 1. The highest BCUT2D eigenvalue weighted by molar-refractivity contribution is 5.39. The molecule has 4 heteroatoms. The molecule has 112 valence electrons. The molecule has 1 unspecified atom stereocenters. The molecular formula is C17H22N2O2. The lowest BCUT2D eigenvalue weighted by molar-refractivity contribution is 0.242. The number of methoxy groups -OCH3 is 1. The summed E-state index contributed by atoms with van der Waals surface area (Å²) in [6, 6.07) is 11.8. The molecule has 0 spiro atoms. The highest BCUT2D eigenvalue weighted by atomic mass is 16.5. The van der Waals surface area contributed by atoms with Gasteiger partial charge in [0, 0.05) is 6.20 Å². The largest absolute Gasteiger partial charge is 0.495 e. The Bertz CT molecular complexity index is 585. The van der Waals surface area contributed by atoms with Gasteiger partial charge in [0.05, 0.1) is 19.3 Å². The molecule has 0 bridgehead atoms. The van der Waals surface area contributed by atoms with Gasteiger partial charge in [0.15, 0.2) is 0 Å². The highest BCUT2D eigenvalue weighted by Gasteiger charge is 2.18. The summed E-state index contributed by atoms with van der Waals surface area (Å²) in [4.78, 5) is 4.46. The van der Waals surface area contributed by atoms with Gasteiger partial charge >= 0.3 is 0 Å². The van der Waals surface area contributed by atoms with Gasteiger partial charge in [-0.1, -0.05) is 12.1 Å². The summed E-state index contributed by atoms with van der Waals surface area (Å²) in [7, 11) is 3.57. The van der Waals surface area contributed by atoms with E-state index in [4.69, 9.17) is 9.47 Å². The molecule has 1 atom stereocenters. The second-order valence-electron chi connectivity index (χ2n) is 5.05. The molecule has 21 heavy (non-hydrogen) atoms. The molecule has 0 saturated heterocycles. The Balaban J connectivity index is 2.37. The molecule has 1 N–H and O–H groups in total. The van der Waals surface area contributed by atoms with Crippen LogP contribution in [-0.2, 0) is 0 Å². The van der Waals surface area contributed by atoms with E-state index in [1.54, 1.807) is 13.3 Å². The van der Waals surface area contributed by atoms with Crippen molar-refractivity contribution in [2.45, 2.75) is 26.0 Å². The van der Waals surface area contributed by atoms with E-state index in [1.807, 2.05) is 51.2 Å². The summed E-state index contributed by atoms with van der Waals surface area (Å²) >= 11 is 0. The average molecular weight is 286 g/mol. The Hall–Kier alpha value is -2.07. The SMILES string of the molecule is CNC(c1cccc(OC(C)C)c1)c1ncccc1OC. The molecule has 0 saturated carbocycles. The minimum atomic E-state index is -0.0446. The third-order valence-electron chi connectivity index (χ3n) is 3.14. The van der Waals surface area contributed by atoms with E-state index in [9.17, 15) is 0 Å². The number of rotatable bonds is 6. The van der Waals surface area contributed by atoms with Crippen LogP contribution in [0.1, 0.15) is 31.1 Å². The van der Waals surface area contributed by atoms with Gasteiger partial charge in [-0.2, -0.15) is 0 Å². The van der Waals surface area contributed by atoms with Crippen molar-refractivity contribution < 1.29 is 9.47 Å². The van der Waals surface area contributed by atoms with Crippen LogP contribution in [0, 0.1) is 0 Å². The Morgan fingerprint density at radius 2 is 1.95 bits per heavy atom. The van der Waals surface area contributed by atoms with Gasteiger partial charge in [-0.3, -0.25) is 4.98 Å². The first kappa shape index (κ1) is 15.3. The fourth-order valence-corrected chi connectivity index (χ4v) is 2.29. The Kier molecular flexibility index (Phi) is 5.17. The van der Waals surface area contributed by atoms with Gasteiger partial charge in [-0.15, -0.1) is 0 Å². The molecule has 1 aromatic carbocycles. The van der Waals surface area contributed by atoms with Gasteiger partial charge < -0.3 is 14.8 Å². The zero-order valence-electron chi connectivity index (χ0n) is 13.0. The minimum absolute atomic E-state index is 0.0446. The lowest BCUT2D eigenvalue weighted by atomic mass is 10.0. The maximum Gasteiger partial charge on any atom is 0.142 e. The highest BCUT2D eigenvalue weighted by Crippen LogP contribution is 2.29. The van der Waals surface area contributed by atoms with Crippen molar-refractivity contribution in [3.63, 3.8) is 0 Å². The fourth-order valence-electron chi connectivity index (χ4n) is 2.29. The molecule has 0 aliphatic rings. The van der Waals surface area contributed by atoms with Crippen LogP contribution in [0.5, 0.6) is 11.5 Å². The molecule has 0 radical (unpaired) electrons. The van der Waals surface area contributed by atoms with Gasteiger partial charge in [0.25, 0.3) is 0 Å². The van der Waals surface area contributed by atoms with Crippen LogP contribution in [0.3, 0.4) is 0 Å². The monoisotopic (exact) mass is 286 g/mol. The van der Waals surface area contributed by atoms with Crippen LogP contribution in [0.2, 0.25) is 0 Å². The van der Waals surface area contributed by atoms with Crippen molar-refractivity contribution in [1.29, 1.82) is 0 Å². The molecule has 1 heterocycles. The van der Waals surface area contributed by atoms with E-state index < -0.39 is 0 Å². The molecular weight excluding hydrogens is 264 g/mol. The van der Waals surface area contributed by atoms with E-state index in [1.165, 1.54) is 0 Å². The smallest absolute Gasteiger partial charge is 0.142 e. The first-order valence-electron chi connectivity index (χ1n) is 7.08. The first-order chi connectivity index (χ1) is 10.2. The summed E-state index contributed by atoms with van der Waals surface area (Å²) in [5.74, 6) is 1.63. The van der Waals surface area contributed by atoms with E-state index in [0.29, 0.717) is 0 Å². The Labute approximate surface area is 126 Å². The van der Waals surface area contributed by atoms with Crippen molar-refractivity contribution in [1.82, 2.24) is 10.3 Å². The standard InChI is InChI=1S/C17H22N2O2/c1-12(2)21-14-8-5-7-13(11-14)16(18-3)17-15(20-4)9-6-10-19-17/h5-12,16,18H,1-4H3. The molecule has 2 aromatic rings. The third-order valence-corrected chi connectivity index (χ3v) is 3.14. The quantitative estimate of drug-likeness (QED) is 0.885. The maximum absolute atomic E-state index is 5.76. The average Bonchev–Trinajstić information content (AvgIpc) is 2.48. The number of hydrogen-bond acceptors (Lipinski definition) is 4. The Morgan fingerprint density at radius 3 is 2.62 bits per heavy atom. The van der Waals surface area contributed by atoms with E-state index >= 15 is 0 Å². The van der Waals surface area contributed by atoms with Crippen molar-refractivity contribution in [2.75, 3.05) is 14.2 Å². The van der Waals surface area contributed by atoms with Crippen molar-refractivity contribution in [3.8, 4) is 11.5 Å². The number of aromatic nitrogens is 1. The van der Waals surface area contributed by atoms with Gasteiger partial charge in [-0.05, 0) is 50.7 Å². The summed E-state index contributed by atoms with van der Waals surface area (Å²) < 4.78 is 11.2. The minimum Gasteiger partial charge on any atom is -0.495 e. The van der Waals surface area contributed by atoms with Gasteiger partial charge in [0.2, 0.25) is 0 Å². The molecule has 0 amide bonds. The molecule has 0 aliphatic heterocycles. The van der Waals surface area contributed by atoms with E-state index in [-0.39, 0.29) is 12.1 Å². The topological polar surface area (TPSA) is 43.4 Å². The van der Waals surface area contributed by atoms with Crippen LogP contribution in [-0.4, -0.2) is 25.2 Å². The van der Waals surface area contributed by atoms with Gasteiger partial charge in [-0.25, -0.2) is 0 Å². The summed E-state index contributed by atoms with van der Waals surface area (Å²) in [5.41, 5.74) is 1.96. The third kappa shape index (κ3) is 3.73. The summed E-state index contributed by atoms with van der Waals surface area (Å²) in [6.07, 6.45) is 1.93. The van der Waals surface area contributed by atoms with Gasteiger partial charge in [0.1, 0.15) is 17.2 Å². The second-order valence-corrected chi connectivity index (χ2v) is 5.05. The normalized spacial score (nSPS) is 12.2. The summed E-state index contributed by atoms with van der Waals surface area (Å²) in [5, 5.41) is 3.29. The number of nitrogens with one attached hydrogen (secondary N) is 1. The predicted octanol–water partition coefficient (Wildman–Crippen LogP) is 3.19. The predicted molar refractivity (Wildman–Crippen MR) is 83.9 cm³/mol. The lowest BCUT2D eigenvalue weighted by Gasteiger charge is -2.19. The molecule has 4 nitrogen and oxygen atoms in total. The summed E-state index contributed by atoms with van der Waals surface area (Å²) in [6.45, 7) is 4.04. The number of ether oxygens (including phenoxy) is 2. The zero-order chi connectivity index (χ0) is 15.2. The lowest BCUT2D eigenvalue weighted by Crippen LogP contribution is -2.20. The van der Waals surface area contributed by atoms with Crippen LogP contribution in [0.4, 0.5) is 0 Å². The molecule has 1 aromatic heterocycles. The van der Waals surface area contributed by atoms with Crippen molar-refractivity contribution in [2.24, 2.45) is 0 Å². The number of hydrogen-bond donors (Lipinski definition) is 1. The first-order valence-corrected chi connectivity index (χ1v) is 7.08. The van der Waals surface area contributed by atoms with Crippen molar-refractivity contribution >= 4 is 0 Å². The van der Waals surface area contributed by atoms with Crippen LogP contribution >= 0.6 is 0 Å². The van der Waals surface area contributed by atoms with Crippen molar-refractivity contribution in [3.05, 3.63) is 53.9 Å². The number of pyridine rings is 1.